The summed E-state index contributed by atoms with van der Waals surface area (Å²) in [7, 11) is 0. The molecule has 0 aromatic heterocycles. The van der Waals surface area contributed by atoms with Crippen molar-refractivity contribution in [1.29, 1.82) is 0 Å². The van der Waals surface area contributed by atoms with E-state index in [9.17, 15) is 9.90 Å². The zero-order valence-corrected chi connectivity index (χ0v) is 17.1. The lowest BCUT2D eigenvalue weighted by Gasteiger charge is -2.35. The van der Waals surface area contributed by atoms with Crippen LogP contribution in [-0.4, -0.2) is 23.3 Å². The minimum absolute atomic E-state index is 0.0419. The zero-order valence-electron chi connectivity index (χ0n) is 17.1. The first-order valence-corrected chi connectivity index (χ1v) is 11.2. The van der Waals surface area contributed by atoms with Gasteiger partial charge in [-0.25, -0.2) is 0 Å². The normalized spacial score (nSPS) is 25.6. The van der Waals surface area contributed by atoms with Gasteiger partial charge in [0.2, 0.25) is 6.29 Å². The Kier molecular flexibility index (Phi) is 6.88. The summed E-state index contributed by atoms with van der Waals surface area (Å²) in [5, 5.41) is 12.3. The van der Waals surface area contributed by atoms with Gasteiger partial charge in [-0.3, -0.25) is 4.79 Å². The molecule has 158 valence electrons. The molecule has 5 heteroatoms. The lowest BCUT2D eigenvalue weighted by atomic mass is 9.77. The maximum Gasteiger partial charge on any atom is 0.286 e. The molecule has 2 fully saturated rings. The topological polar surface area (TPSA) is 67.8 Å². The highest BCUT2D eigenvalue weighted by Crippen LogP contribution is 2.37. The number of benzene rings is 1. The van der Waals surface area contributed by atoms with E-state index in [4.69, 9.17) is 9.47 Å². The van der Waals surface area contributed by atoms with Crippen molar-refractivity contribution < 1.29 is 19.4 Å². The summed E-state index contributed by atoms with van der Waals surface area (Å²) in [6.07, 6.45) is 12.1. The molecule has 0 radical (unpaired) electrons. The van der Waals surface area contributed by atoms with Gasteiger partial charge in [0.25, 0.3) is 5.91 Å². The molecule has 1 aliphatic heterocycles. The highest BCUT2D eigenvalue weighted by molar-refractivity contribution is 5.91. The molecule has 5 nitrogen and oxygen atoms in total. The van der Waals surface area contributed by atoms with E-state index in [1.54, 1.807) is 0 Å². The second-order valence-corrected chi connectivity index (χ2v) is 8.76. The van der Waals surface area contributed by atoms with Gasteiger partial charge in [-0.05, 0) is 61.1 Å². The molecular weight excluding hydrogens is 366 g/mol. The SMILES string of the molecule is O=C(NC1CCC1)C1=C[C@H](C2CCCCC2)C[C@H](OCc2ccc(CO)cc2)O1. The van der Waals surface area contributed by atoms with Crippen LogP contribution in [0.25, 0.3) is 0 Å². The van der Waals surface area contributed by atoms with E-state index in [0.717, 1.165) is 30.4 Å². The van der Waals surface area contributed by atoms with Crippen molar-refractivity contribution >= 4 is 5.91 Å². The second kappa shape index (κ2) is 9.77. The average Bonchev–Trinajstić information content (AvgIpc) is 2.75. The molecule has 2 saturated carbocycles. The third-order valence-electron chi connectivity index (χ3n) is 6.65. The van der Waals surface area contributed by atoms with E-state index < -0.39 is 6.29 Å². The molecule has 4 rings (SSSR count). The van der Waals surface area contributed by atoms with Crippen molar-refractivity contribution in [2.45, 2.75) is 83.3 Å². The van der Waals surface area contributed by atoms with Crippen molar-refractivity contribution in [1.82, 2.24) is 5.32 Å². The smallest absolute Gasteiger partial charge is 0.286 e. The molecule has 1 aromatic carbocycles. The number of ether oxygens (including phenoxy) is 2. The molecule has 0 unspecified atom stereocenters. The molecule has 3 aliphatic rings. The van der Waals surface area contributed by atoms with Crippen molar-refractivity contribution in [2.75, 3.05) is 0 Å². The predicted molar refractivity (Wildman–Crippen MR) is 111 cm³/mol. The van der Waals surface area contributed by atoms with E-state index in [1.165, 1.54) is 38.5 Å². The number of aliphatic hydroxyl groups is 1. The Labute approximate surface area is 173 Å². The largest absolute Gasteiger partial charge is 0.459 e. The number of rotatable bonds is 7. The molecule has 2 atom stereocenters. The highest BCUT2D eigenvalue weighted by atomic mass is 16.7. The number of aliphatic hydroxyl groups excluding tert-OH is 1. The highest BCUT2D eigenvalue weighted by Gasteiger charge is 2.33. The van der Waals surface area contributed by atoms with Crippen LogP contribution in [0.15, 0.2) is 36.1 Å². The number of nitrogens with one attached hydrogen (secondary N) is 1. The molecule has 2 aliphatic carbocycles. The third kappa shape index (κ3) is 5.40. The first kappa shape index (κ1) is 20.4. The minimum atomic E-state index is -0.397. The lowest BCUT2D eigenvalue weighted by molar-refractivity contribution is -0.156. The Morgan fingerprint density at radius 2 is 1.76 bits per heavy atom. The standard InChI is InChI=1S/C24H33NO4/c26-15-17-9-11-18(12-10-17)16-28-23-14-20(19-5-2-1-3-6-19)13-22(29-23)24(27)25-21-7-4-8-21/h9-13,19-21,23,26H,1-8,14-16H2,(H,25,27)/t20-,23+/m0/s1. The molecule has 0 saturated heterocycles. The summed E-state index contributed by atoms with van der Waals surface area (Å²) < 4.78 is 12.1. The van der Waals surface area contributed by atoms with Crippen LogP contribution in [0.4, 0.5) is 0 Å². The van der Waals surface area contributed by atoms with E-state index >= 15 is 0 Å². The molecule has 1 heterocycles. The van der Waals surface area contributed by atoms with Gasteiger partial charge in [0.05, 0.1) is 13.2 Å². The summed E-state index contributed by atoms with van der Waals surface area (Å²) in [4.78, 5) is 12.7. The minimum Gasteiger partial charge on any atom is -0.459 e. The Morgan fingerprint density at radius 1 is 1.03 bits per heavy atom. The first-order valence-electron chi connectivity index (χ1n) is 11.2. The van der Waals surface area contributed by atoms with Crippen LogP contribution in [0.1, 0.15) is 68.9 Å². The summed E-state index contributed by atoms with van der Waals surface area (Å²) in [5.41, 5.74) is 1.92. The van der Waals surface area contributed by atoms with Gasteiger partial charge in [-0.15, -0.1) is 0 Å². The van der Waals surface area contributed by atoms with Crippen LogP contribution >= 0.6 is 0 Å². The Bertz CT molecular complexity index is 704. The van der Waals surface area contributed by atoms with Gasteiger partial charge in [0, 0.05) is 12.5 Å². The third-order valence-corrected chi connectivity index (χ3v) is 6.65. The summed E-state index contributed by atoms with van der Waals surface area (Å²) in [6, 6.07) is 8.04. The van der Waals surface area contributed by atoms with Crippen LogP contribution in [-0.2, 0) is 27.5 Å². The van der Waals surface area contributed by atoms with E-state index in [-0.39, 0.29) is 12.5 Å². The monoisotopic (exact) mass is 399 g/mol. The molecular formula is C24H33NO4. The Balaban J connectivity index is 1.40. The van der Waals surface area contributed by atoms with E-state index in [0.29, 0.717) is 30.2 Å². The number of carbonyl (C=O) groups is 1. The number of hydrogen-bond acceptors (Lipinski definition) is 4. The van der Waals surface area contributed by atoms with E-state index in [2.05, 4.69) is 11.4 Å². The van der Waals surface area contributed by atoms with Crippen LogP contribution in [0.3, 0.4) is 0 Å². The van der Waals surface area contributed by atoms with E-state index in [1.807, 2.05) is 24.3 Å². The zero-order chi connectivity index (χ0) is 20.1. The fourth-order valence-corrected chi connectivity index (χ4v) is 4.58. The molecule has 1 aromatic rings. The Morgan fingerprint density at radius 3 is 2.41 bits per heavy atom. The fourth-order valence-electron chi connectivity index (χ4n) is 4.58. The quantitative estimate of drug-likeness (QED) is 0.721. The van der Waals surface area contributed by atoms with Gasteiger partial charge >= 0.3 is 0 Å². The summed E-state index contributed by atoms with van der Waals surface area (Å²) >= 11 is 0. The van der Waals surface area contributed by atoms with Gasteiger partial charge in [0.15, 0.2) is 5.76 Å². The molecule has 1 amide bonds. The van der Waals surface area contributed by atoms with Gasteiger partial charge in [0.1, 0.15) is 0 Å². The van der Waals surface area contributed by atoms with Gasteiger partial charge < -0.3 is 19.9 Å². The molecule has 0 spiro atoms. The maximum atomic E-state index is 12.7. The predicted octanol–water partition coefficient (Wildman–Crippen LogP) is 4.19. The van der Waals surface area contributed by atoms with Crippen LogP contribution in [0, 0.1) is 11.8 Å². The fraction of sp³-hybridized carbons (Fsp3) is 0.625. The van der Waals surface area contributed by atoms with Crippen LogP contribution in [0.2, 0.25) is 0 Å². The lowest BCUT2D eigenvalue weighted by Crippen LogP contribution is -2.42. The van der Waals surface area contributed by atoms with Crippen molar-refractivity contribution in [3.05, 3.63) is 47.2 Å². The summed E-state index contributed by atoms with van der Waals surface area (Å²) in [6.45, 7) is 0.478. The van der Waals surface area contributed by atoms with Gasteiger partial charge in [-0.2, -0.15) is 0 Å². The number of allylic oxidation sites excluding steroid dienone is 1. The maximum absolute atomic E-state index is 12.7. The average molecular weight is 400 g/mol. The van der Waals surface area contributed by atoms with Crippen molar-refractivity contribution in [3.8, 4) is 0 Å². The van der Waals surface area contributed by atoms with Crippen LogP contribution < -0.4 is 5.32 Å². The number of carbonyl (C=O) groups excluding carboxylic acids is 1. The molecule has 0 bridgehead atoms. The first-order chi connectivity index (χ1) is 14.2. The number of hydrogen-bond donors (Lipinski definition) is 2. The second-order valence-electron chi connectivity index (χ2n) is 8.76. The molecule has 2 N–H and O–H groups in total. The van der Waals surface area contributed by atoms with Crippen LogP contribution in [0.5, 0.6) is 0 Å². The van der Waals surface area contributed by atoms with Crippen molar-refractivity contribution in [3.63, 3.8) is 0 Å². The number of amides is 1. The Hall–Kier alpha value is -1.85. The summed E-state index contributed by atoms with van der Waals surface area (Å²) in [5.74, 6) is 1.32. The molecule has 29 heavy (non-hydrogen) atoms. The van der Waals surface area contributed by atoms with Gasteiger partial charge in [-0.1, -0.05) is 43.5 Å². The van der Waals surface area contributed by atoms with Crippen molar-refractivity contribution in [2.24, 2.45) is 11.8 Å².